The van der Waals surface area contributed by atoms with Crippen molar-refractivity contribution in [2.45, 2.75) is 64.2 Å². The van der Waals surface area contributed by atoms with Crippen LogP contribution < -0.4 is 38.5 Å². The van der Waals surface area contributed by atoms with Crippen LogP contribution >= 0.6 is 22.6 Å². The number of benzene rings is 4. The van der Waals surface area contributed by atoms with Gasteiger partial charge in [0.05, 0.1) is 39.1 Å². The monoisotopic (exact) mass is 827 g/mol. The molecule has 0 spiro atoms. The number of halogens is 1. The quantitative estimate of drug-likeness (QED) is 0.102. The van der Waals surface area contributed by atoms with Gasteiger partial charge < -0.3 is 48.7 Å². The second kappa shape index (κ2) is 17.3. The molecule has 52 heavy (non-hydrogen) atoms. The lowest BCUT2D eigenvalue weighted by Gasteiger charge is -2.24. The summed E-state index contributed by atoms with van der Waals surface area (Å²) >= 11 is 2.19. The van der Waals surface area contributed by atoms with Crippen molar-refractivity contribution in [3.63, 3.8) is 0 Å². The average Bonchev–Trinajstić information content (AvgIpc) is 3.46. The number of nitrogens with one attached hydrogen (secondary N) is 1. The van der Waals surface area contributed by atoms with E-state index >= 15 is 0 Å². The summed E-state index contributed by atoms with van der Waals surface area (Å²) in [7, 11) is 8.00. The summed E-state index contributed by atoms with van der Waals surface area (Å²) in [6.07, 6.45) is -2.87. The van der Waals surface area contributed by atoms with Crippen molar-refractivity contribution in [1.29, 1.82) is 0 Å². The molecule has 10 nitrogen and oxygen atoms in total. The highest BCUT2D eigenvalue weighted by atomic mass is 127. The Labute approximate surface area is 320 Å². The molecule has 1 saturated heterocycles. The largest absolute Gasteiger partial charge is 0.496 e. The fourth-order valence-electron chi connectivity index (χ4n) is 6.83. The second-order valence-corrected chi connectivity index (χ2v) is 14.4. The third-order valence-electron chi connectivity index (χ3n) is 10.1. The van der Waals surface area contributed by atoms with Gasteiger partial charge in [0.25, 0.3) is 0 Å². The van der Waals surface area contributed by atoms with E-state index in [1.165, 1.54) is 0 Å². The third kappa shape index (κ3) is 8.33. The van der Waals surface area contributed by atoms with Gasteiger partial charge in [-0.2, -0.15) is 0 Å². The van der Waals surface area contributed by atoms with Gasteiger partial charge in [-0.1, -0.05) is 38.1 Å². The summed E-state index contributed by atoms with van der Waals surface area (Å²) in [5, 5.41) is 26.0. The van der Waals surface area contributed by atoms with E-state index < -0.39 is 24.4 Å². The van der Waals surface area contributed by atoms with E-state index in [2.05, 4.69) is 47.8 Å². The highest BCUT2D eigenvalue weighted by Gasteiger charge is 2.39. The van der Waals surface area contributed by atoms with E-state index in [1.807, 2.05) is 62.4 Å². The minimum atomic E-state index is -0.915. The summed E-state index contributed by atoms with van der Waals surface area (Å²) in [6, 6.07) is 22.9. The number of aliphatic hydroxyl groups excluding tert-OH is 2. The van der Waals surface area contributed by atoms with Gasteiger partial charge in [-0.15, -0.1) is 0 Å². The molecule has 8 atom stereocenters. The maximum Gasteiger partial charge on any atom is 0.161 e. The Bertz CT molecular complexity index is 1820. The molecule has 3 N–H and O–H groups in total. The number of hydrogen-bond donors (Lipinski definition) is 3. The van der Waals surface area contributed by atoms with Crippen molar-refractivity contribution in [1.82, 2.24) is 5.32 Å². The van der Waals surface area contributed by atoms with Gasteiger partial charge in [0.1, 0.15) is 30.2 Å². The Morgan fingerprint density at radius 2 is 0.904 bits per heavy atom. The molecule has 0 aliphatic carbocycles. The number of hydrogen-bond acceptors (Lipinski definition) is 10. The number of ether oxygens (including phenoxy) is 7. The molecule has 4 aromatic carbocycles. The van der Waals surface area contributed by atoms with Crippen LogP contribution in [0.25, 0.3) is 0 Å². The van der Waals surface area contributed by atoms with Crippen LogP contribution in [0.4, 0.5) is 0 Å². The van der Waals surface area contributed by atoms with E-state index in [1.54, 1.807) is 53.7 Å². The minimum Gasteiger partial charge on any atom is -0.496 e. The molecule has 4 aromatic rings. The Morgan fingerprint density at radius 3 is 1.33 bits per heavy atom. The van der Waals surface area contributed by atoms with Crippen LogP contribution in [0.3, 0.4) is 0 Å². The predicted octanol–water partition coefficient (Wildman–Crippen LogP) is 7.99. The molecular weight excluding hydrogens is 777 g/mol. The van der Waals surface area contributed by atoms with Crippen LogP contribution in [0, 0.1) is 15.4 Å². The zero-order valence-corrected chi connectivity index (χ0v) is 33.3. The molecule has 0 bridgehead atoms. The van der Waals surface area contributed by atoms with Crippen LogP contribution in [0.15, 0.2) is 72.8 Å². The standard InChI is InChI=1S/C41H50INO9/c1-22-23(2)39(27-11-17-34(37(20-27)50-9)52-25(4)41(45)29-13-15-32(47-6)35(21-29)48-7)43-38(22)26-10-16-33(36(19-26)49-8)51-24(3)40(44)28-12-14-31(46-5)30(42)18-28/h10-25,38-41,43-45H,1-9H3/t22-,23-,24-,25-,38?,39?,40+,41+/m1/s1. The Balaban J connectivity index is 1.29. The average molecular weight is 828 g/mol. The van der Waals surface area contributed by atoms with E-state index in [0.717, 1.165) is 26.0 Å². The predicted molar refractivity (Wildman–Crippen MR) is 208 cm³/mol. The van der Waals surface area contributed by atoms with Gasteiger partial charge in [0.2, 0.25) is 0 Å². The van der Waals surface area contributed by atoms with Gasteiger partial charge >= 0.3 is 0 Å². The lowest BCUT2D eigenvalue weighted by Crippen LogP contribution is -2.23. The van der Waals surface area contributed by atoms with Gasteiger partial charge in [-0.05, 0) is 119 Å². The molecule has 5 rings (SSSR count). The van der Waals surface area contributed by atoms with Crippen LogP contribution in [0.2, 0.25) is 0 Å². The fourth-order valence-corrected chi connectivity index (χ4v) is 7.59. The SMILES string of the molecule is COc1ccc([C@@H](O)[C@@H](C)Oc2ccc(C3NC(c4ccc(O[C@H](C)[C@H](O)c5ccc(OC)c(OC)c5)c(OC)c4)[C@H](C)[C@H]3C)cc2OC)cc1I. The van der Waals surface area contributed by atoms with Crippen LogP contribution in [-0.4, -0.2) is 58.0 Å². The van der Waals surface area contributed by atoms with Crippen molar-refractivity contribution in [2.24, 2.45) is 11.8 Å². The summed E-state index contributed by atoms with van der Waals surface area (Å²) in [5.74, 6) is 4.73. The normalized spacial score (nSPS) is 20.7. The molecule has 11 heteroatoms. The highest BCUT2D eigenvalue weighted by Crippen LogP contribution is 2.47. The lowest BCUT2D eigenvalue weighted by atomic mass is 9.85. The molecule has 2 unspecified atom stereocenters. The van der Waals surface area contributed by atoms with E-state index in [0.29, 0.717) is 46.0 Å². The summed E-state index contributed by atoms with van der Waals surface area (Å²) in [5.41, 5.74) is 3.54. The van der Waals surface area contributed by atoms with Gasteiger partial charge in [-0.3, -0.25) is 0 Å². The van der Waals surface area contributed by atoms with Gasteiger partial charge in [0.15, 0.2) is 34.5 Å². The lowest BCUT2D eigenvalue weighted by molar-refractivity contribution is 0.0449. The zero-order chi connectivity index (χ0) is 37.7. The molecule has 1 fully saturated rings. The van der Waals surface area contributed by atoms with Crippen molar-refractivity contribution in [3.8, 4) is 40.2 Å². The molecule has 1 aliphatic rings. The minimum absolute atomic E-state index is 0.0436. The van der Waals surface area contributed by atoms with Gasteiger partial charge in [-0.25, -0.2) is 0 Å². The third-order valence-corrected chi connectivity index (χ3v) is 11.0. The smallest absolute Gasteiger partial charge is 0.161 e. The molecule has 1 aliphatic heterocycles. The summed E-state index contributed by atoms with van der Waals surface area (Å²) in [4.78, 5) is 0. The maximum absolute atomic E-state index is 11.1. The molecule has 280 valence electrons. The highest BCUT2D eigenvalue weighted by molar-refractivity contribution is 14.1. The molecule has 1 heterocycles. The molecule has 0 amide bonds. The van der Waals surface area contributed by atoms with Crippen molar-refractivity contribution in [3.05, 3.63) is 98.6 Å². The van der Waals surface area contributed by atoms with Crippen LogP contribution in [0.1, 0.15) is 74.2 Å². The Hall–Kier alpha value is -3.91. The second-order valence-electron chi connectivity index (χ2n) is 13.2. The summed E-state index contributed by atoms with van der Waals surface area (Å²) in [6.45, 7) is 8.16. The zero-order valence-electron chi connectivity index (χ0n) is 31.2. The van der Waals surface area contributed by atoms with Crippen molar-refractivity contribution in [2.75, 3.05) is 35.5 Å². The Kier molecular flexibility index (Phi) is 13.1. The molecule has 0 aromatic heterocycles. The Morgan fingerprint density at radius 1 is 0.519 bits per heavy atom. The molecule has 0 saturated carbocycles. The number of methoxy groups -OCH3 is 5. The number of aliphatic hydroxyl groups is 2. The van der Waals surface area contributed by atoms with Crippen LogP contribution in [0.5, 0.6) is 40.2 Å². The van der Waals surface area contributed by atoms with E-state index in [-0.39, 0.29) is 18.0 Å². The van der Waals surface area contributed by atoms with E-state index in [4.69, 9.17) is 33.2 Å². The van der Waals surface area contributed by atoms with Crippen molar-refractivity contribution < 1.29 is 43.4 Å². The molecular formula is C41H50INO9. The first-order chi connectivity index (χ1) is 24.9. The number of rotatable bonds is 15. The molecule has 0 radical (unpaired) electrons. The van der Waals surface area contributed by atoms with Crippen LogP contribution in [-0.2, 0) is 0 Å². The maximum atomic E-state index is 11.1. The summed E-state index contributed by atoms with van der Waals surface area (Å²) < 4.78 is 41.1. The van der Waals surface area contributed by atoms with Crippen molar-refractivity contribution >= 4 is 22.6 Å². The fraction of sp³-hybridized carbons (Fsp3) is 0.415. The topological polar surface area (TPSA) is 117 Å². The van der Waals surface area contributed by atoms with E-state index in [9.17, 15) is 10.2 Å². The first-order valence-electron chi connectivity index (χ1n) is 17.3. The first-order valence-corrected chi connectivity index (χ1v) is 18.4. The van der Waals surface area contributed by atoms with Gasteiger partial charge in [0, 0.05) is 12.1 Å². The first kappa shape index (κ1) is 39.3.